The fourth-order valence-corrected chi connectivity index (χ4v) is 2.28. The number of para-hydroxylation sites is 1. The number of unbranched alkanes of at least 4 members (excludes halogenated alkanes) is 3. The minimum atomic E-state index is -0.336. The van der Waals surface area contributed by atoms with Crippen molar-refractivity contribution in [3.8, 4) is 0 Å². The minimum Gasteiger partial charge on any atom is -0.462 e. The Hall–Kier alpha value is -2.82. The summed E-state index contributed by atoms with van der Waals surface area (Å²) >= 11 is 0. The van der Waals surface area contributed by atoms with Crippen LogP contribution in [0.25, 0.3) is 0 Å². The molecule has 2 aromatic rings. The summed E-state index contributed by atoms with van der Waals surface area (Å²) in [4.78, 5) is 23.8. The Morgan fingerprint density at radius 3 is 2.12 bits per heavy atom. The molecule has 2 aromatic carbocycles. The second kappa shape index (κ2) is 10.1. The molecule has 2 N–H and O–H groups in total. The number of carbonyl (C=O) groups is 2. The molecule has 0 saturated carbocycles. The van der Waals surface area contributed by atoms with E-state index in [1.807, 2.05) is 18.2 Å². The van der Waals surface area contributed by atoms with Crippen molar-refractivity contribution in [1.29, 1.82) is 0 Å². The first-order valence-electron chi connectivity index (χ1n) is 8.59. The van der Waals surface area contributed by atoms with Crippen LogP contribution in [0.4, 0.5) is 16.2 Å². The van der Waals surface area contributed by atoms with Gasteiger partial charge in [-0.3, -0.25) is 0 Å². The topological polar surface area (TPSA) is 67.4 Å². The predicted molar refractivity (Wildman–Crippen MR) is 99.9 cm³/mol. The van der Waals surface area contributed by atoms with E-state index in [-0.39, 0.29) is 12.0 Å². The minimum absolute atomic E-state index is 0.336. The highest BCUT2D eigenvalue weighted by molar-refractivity contribution is 6.00. The molecular weight excluding hydrogens is 316 g/mol. The van der Waals surface area contributed by atoms with Crippen LogP contribution in [-0.4, -0.2) is 18.6 Å². The van der Waals surface area contributed by atoms with Gasteiger partial charge in [-0.05, 0) is 42.8 Å². The van der Waals surface area contributed by atoms with E-state index in [0.717, 1.165) is 25.7 Å². The van der Waals surface area contributed by atoms with E-state index < -0.39 is 0 Å². The summed E-state index contributed by atoms with van der Waals surface area (Å²) < 4.78 is 5.24. The molecule has 0 radical (unpaired) electrons. The maximum atomic E-state index is 11.9. The van der Waals surface area contributed by atoms with Gasteiger partial charge in [-0.2, -0.15) is 0 Å². The molecule has 0 aliphatic heterocycles. The predicted octanol–water partition coefficient (Wildman–Crippen LogP) is 5.07. The lowest BCUT2D eigenvalue weighted by Crippen LogP contribution is -2.19. The Morgan fingerprint density at radius 2 is 1.48 bits per heavy atom. The molecule has 5 heteroatoms. The zero-order valence-electron chi connectivity index (χ0n) is 14.5. The second-order valence-electron chi connectivity index (χ2n) is 5.72. The molecule has 0 unspecified atom stereocenters. The number of hydrogen-bond acceptors (Lipinski definition) is 3. The van der Waals surface area contributed by atoms with E-state index in [2.05, 4.69) is 17.6 Å². The molecule has 0 bridgehead atoms. The van der Waals surface area contributed by atoms with Crippen LogP contribution in [0.5, 0.6) is 0 Å². The fraction of sp³-hybridized carbons (Fsp3) is 0.300. The van der Waals surface area contributed by atoms with Crippen LogP contribution < -0.4 is 10.6 Å². The van der Waals surface area contributed by atoms with Crippen molar-refractivity contribution in [1.82, 2.24) is 0 Å². The lowest BCUT2D eigenvalue weighted by molar-refractivity contribution is 0.0498. The highest BCUT2D eigenvalue weighted by Gasteiger charge is 2.08. The largest absolute Gasteiger partial charge is 0.462 e. The molecule has 5 nitrogen and oxygen atoms in total. The molecule has 0 atom stereocenters. The number of urea groups is 1. The quantitative estimate of drug-likeness (QED) is 0.521. The van der Waals surface area contributed by atoms with Gasteiger partial charge >= 0.3 is 12.0 Å². The Bertz CT molecular complexity index is 669. The fourth-order valence-electron chi connectivity index (χ4n) is 2.28. The molecule has 0 heterocycles. The maximum absolute atomic E-state index is 11.9. The summed E-state index contributed by atoms with van der Waals surface area (Å²) in [5, 5.41) is 5.45. The first-order valence-corrected chi connectivity index (χ1v) is 8.59. The average molecular weight is 340 g/mol. The smallest absolute Gasteiger partial charge is 0.338 e. The lowest BCUT2D eigenvalue weighted by atomic mass is 10.2. The molecule has 132 valence electrons. The molecule has 0 aliphatic carbocycles. The normalized spacial score (nSPS) is 10.1. The summed E-state index contributed by atoms with van der Waals surface area (Å²) in [5.74, 6) is -0.336. The van der Waals surface area contributed by atoms with Crippen molar-refractivity contribution in [3.05, 3.63) is 60.2 Å². The zero-order chi connectivity index (χ0) is 17.9. The van der Waals surface area contributed by atoms with Crippen molar-refractivity contribution in [2.75, 3.05) is 17.2 Å². The number of hydrogen-bond donors (Lipinski definition) is 2. The van der Waals surface area contributed by atoms with E-state index in [9.17, 15) is 9.59 Å². The second-order valence-corrected chi connectivity index (χ2v) is 5.72. The number of anilines is 2. The van der Waals surface area contributed by atoms with E-state index in [4.69, 9.17) is 4.74 Å². The van der Waals surface area contributed by atoms with Crippen molar-refractivity contribution in [2.24, 2.45) is 0 Å². The van der Waals surface area contributed by atoms with Crippen molar-refractivity contribution in [2.45, 2.75) is 32.6 Å². The maximum Gasteiger partial charge on any atom is 0.338 e. The van der Waals surface area contributed by atoms with Crippen molar-refractivity contribution >= 4 is 23.4 Å². The summed E-state index contributed by atoms with van der Waals surface area (Å²) in [6.45, 7) is 2.58. The van der Waals surface area contributed by atoms with Gasteiger partial charge < -0.3 is 15.4 Å². The monoisotopic (exact) mass is 340 g/mol. The molecule has 25 heavy (non-hydrogen) atoms. The lowest BCUT2D eigenvalue weighted by Gasteiger charge is -2.08. The van der Waals surface area contributed by atoms with Crippen LogP contribution >= 0.6 is 0 Å². The van der Waals surface area contributed by atoms with Gasteiger partial charge in [0.25, 0.3) is 0 Å². The molecule has 2 rings (SSSR count). The standard InChI is InChI=1S/C20H24N2O3/c1-2-3-4-8-15-25-19(23)16-11-13-18(14-12-16)22-20(24)21-17-9-6-5-7-10-17/h5-7,9-14H,2-4,8,15H2,1H3,(H2,21,22,24). The highest BCUT2D eigenvalue weighted by Crippen LogP contribution is 2.12. The van der Waals surface area contributed by atoms with Crippen LogP contribution in [0, 0.1) is 0 Å². The molecule has 0 saturated heterocycles. The number of ether oxygens (including phenoxy) is 1. The van der Waals surface area contributed by atoms with Crippen LogP contribution in [0.1, 0.15) is 43.0 Å². The van der Waals surface area contributed by atoms with Crippen LogP contribution in [0.15, 0.2) is 54.6 Å². The third-order valence-corrected chi connectivity index (χ3v) is 3.64. The van der Waals surface area contributed by atoms with Gasteiger partial charge in [-0.1, -0.05) is 44.4 Å². The number of esters is 1. The Kier molecular flexibility index (Phi) is 7.50. The Morgan fingerprint density at radius 1 is 0.840 bits per heavy atom. The molecule has 0 aliphatic rings. The average Bonchev–Trinajstić information content (AvgIpc) is 2.63. The summed E-state index contributed by atoms with van der Waals surface area (Å²) in [6, 6.07) is 15.5. The van der Waals surface area contributed by atoms with E-state index in [1.54, 1.807) is 36.4 Å². The zero-order valence-corrected chi connectivity index (χ0v) is 14.5. The van der Waals surface area contributed by atoms with Gasteiger partial charge in [-0.25, -0.2) is 9.59 Å². The first kappa shape index (κ1) is 18.5. The number of benzene rings is 2. The van der Waals surface area contributed by atoms with Gasteiger partial charge in [0.15, 0.2) is 0 Å². The Labute approximate surface area is 148 Å². The molecule has 0 aromatic heterocycles. The highest BCUT2D eigenvalue weighted by atomic mass is 16.5. The van der Waals surface area contributed by atoms with E-state index in [0.29, 0.717) is 23.5 Å². The number of amides is 2. The van der Waals surface area contributed by atoms with E-state index >= 15 is 0 Å². The third kappa shape index (κ3) is 6.67. The van der Waals surface area contributed by atoms with Crippen LogP contribution in [-0.2, 0) is 4.74 Å². The van der Waals surface area contributed by atoms with Crippen molar-refractivity contribution < 1.29 is 14.3 Å². The number of nitrogens with one attached hydrogen (secondary N) is 2. The SMILES string of the molecule is CCCCCCOC(=O)c1ccc(NC(=O)Nc2ccccc2)cc1. The number of carbonyl (C=O) groups excluding carboxylic acids is 2. The number of rotatable bonds is 8. The molecule has 0 fully saturated rings. The summed E-state index contributed by atoms with van der Waals surface area (Å²) in [5.41, 5.74) is 1.79. The van der Waals surface area contributed by atoms with Crippen LogP contribution in [0.2, 0.25) is 0 Å². The molecular formula is C20H24N2O3. The van der Waals surface area contributed by atoms with Gasteiger partial charge in [0, 0.05) is 11.4 Å². The van der Waals surface area contributed by atoms with Gasteiger partial charge in [0.2, 0.25) is 0 Å². The third-order valence-electron chi connectivity index (χ3n) is 3.64. The summed E-state index contributed by atoms with van der Waals surface area (Å²) in [6.07, 6.45) is 4.27. The van der Waals surface area contributed by atoms with Gasteiger partial charge in [-0.15, -0.1) is 0 Å². The van der Waals surface area contributed by atoms with Crippen molar-refractivity contribution in [3.63, 3.8) is 0 Å². The first-order chi connectivity index (χ1) is 12.2. The molecule has 0 spiro atoms. The summed E-state index contributed by atoms with van der Waals surface area (Å²) in [7, 11) is 0. The van der Waals surface area contributed by atoms with E-state index in [1.165, 1.54) is 0 Å². The Balaban J connectivity index is 1.79. The molecule has 2 amide bonds. The van der Waals surface area contributed by atoms with Crippen LogP contribution in [0.3, 0.4) is 0 Å². The van der Waals surface area contributed by atoms with Gasteiger partial charge in [0.05, 0.1) is 12.2 Å². The van der Waals surface area contributed by atoms with Gasteiger partial charge in [0.1, 0.15) is 0 Å².